The second kappa shape index (κ2) is 6.27. The maximum Gasteiger partial charge on any atom is 0.248 e. The molecular formula is C15H18N4O2. The molecule has 0 unspecified atom stereocenters. The highest BCUT2D eigenvalue weighted by molar-refractivity contribution is 5.93. The zero-order valence-electron chi connectivity index (χ0n) is 11.7. The molecule has 0 radical (unpaired) electrons. The van der Waals surface area contributed by atoms with Crippen LogP contribution in [0.15, 0.2) is 24.3 Å². The highest BCUT2D eigenvalue weighted by Crippen LogP contribution is 2.28. The summed E-state index contributed by atoms with van der Waals surface area (Å²) in [4.78, 5) is 22.9. The first-order valence-electron chi connectivity index (χ1n) is 6.91. The number of carbonyl (C=O) groups excluding carboxylic acids is 2. The zero-order valence-corrected chi connectivity index (χ0v) is 11.7. The van der Waals surface area contributed by atoms with Crippen molar-refractivity contribution in [1.82, 2.24) is 5.32 Å². The van der Waals surface area contributed by atoms with Gasteiger partial charge in [-0.05, 0) is 49.9 Å². The van der Waals surface area contributed by atoms with Gasteiger partial charge in [-0.25, -0.2) is 0 Å². The van der Waals surface area contributed by atoms with Crippen LogP contribution in [0, 0.1) is 11.3 Å². The van der Waals surface area contributed by atoms with Gasteiger partial charge in [-0.2, -0.15) is 5.26 Å². The fourth-order valence-corrected chi connectivity index (χ4v) is 2.49. The molecule has 2 amide bonds. The van der Waals surface area contributed by atoms with E-state index >= 15 is 0 Å². The van der Waals surface area contributed by atoms with E-state index in [1.54, 1.807) is 24.3 Å². The summed E-state index contributed by atoms with van der Waals surface area (Å²) in [6.45, 7) is 0.0827. The number of nitriles is 1. The predicted molar refractivity (Wildman–Crippen MR) is 78.4 cm³/mol. The maximum atomic E-state index is 11.9. The number of carbonyl (C=O) groups is 2. The van der Waals surface area contributed by atoms with Crippen molar-refractivity contribution in [3.63, 3.8) is 0 Å². The van der Waals surface area contributed by atoms with Crippen molar-refractivity contribution in [2.45, 2.75) is 31.2 Å². The summed E-state index contributed by atoms with van der Waals surface area (Å²) < 4.78 is 0. The fraction of sp³-hybridized carbons (Fsp3) is 0.400. The van der Waals surface area contributed by atoms with Crippen LogP contribution in [0.5, 0.6) is 0 Å². The topological polar surface area (TPSA) is 108 Å². The number of hydrogen-bond donors (Lipinski definition) is 3. The van der Waals surface area contributed by atoms with Gasteiger partial charge in [0.05, 0.1) is 12.6 Å². The van der Waals surface area contributed by atoms with Gasteiger partial charge in [0.25, 0.3) is 0 Å². The summed E-state index contributed by atoms with van der Waals surface area (Å²) in [5, 5.41) is 15.0. The van der Waals surface area contributed by atoms with Crippen molar-refractivity contribution in [3.8, 4) is 6.07 Å². The first-order valence-corrected chi connectivity index (χ1v) is 6.91. The molecule has 2 rings (SSSR count). The Morgan fingerprint density at radius 1 is 1.24 bits per heavy atom. The normalized spacial score (nSPS) is 16.0. The first-order chi connectivity index (χ1) is 10.0. The minimum Gasteiger partial charge on any atom is -0.376 e. The number of primary amides is 1. The van der Waals surface area contributed by atoms with E-state index in [4.69, 9.17) is 5.73 Å². The average Bonchev–Trinajstić information content (AvgIpc) is 2.94. The van der Waals surface area contributed by atoms with Crippen LogP contribution in [0.25, 0.3) is 0 Å². The quantitative estimate of drug-likeness (QED) is 0.754. The Kier molecular flexibility index (Phi) is 4.43. The Bertz CT molecular complexity index is 568. The lowest BCUT2D eigenvalue weighted by Gasteiger charge is -2.22. The van der Waals surface area contributed by atoms with Gasteiger partial charge in [0.1, 0.15) is 5.54 Å². The zero-order chi connectivity index (χ0) is 15.3. The molecule has 1 aromatic carbocycles. The summed E-state index contributed by atoms with van der Waals surface area (Å²) in [5.41, 5.74) is 5.58. The number of nitrogens with one attached hydrogen (secondary N) is 2. The van der Waals surface area contributed by atoms with E-state index in [1.165, 1.54) is 0 Å². The Morgan fingerprint density at radius 3 is 2.38 bits per heavy atom. The molecule has 1 saturated carbocycles. The Morgan fingerprint density at radius 2 is 1.86 bits per heavy atom. The van der Waals surface area contributed by atoms with Crippen molar-refractivity contribution in [2.24, 2.45) is 5.73 Å². The average molecular weight is 286 g/mol. The highest BCUT2D eigenvalue weighted by Gasteiger charge is 2.35. The second-order valence-electron chi connectivity index (χ2n) is 5.24. The lowest BCUT2D eigenvalue weighted by atomic mass is 10.00. The maximum absolute atomic E-state index is 11.9. The molecule has 0 heterocycles. The van der Waals surface area contributed by atoms with Crippen LogP contribution in [0.3, 0.4) is 0 Å². The first kappa shape index (κ1) is 14.9. The van der Waals surface area contributed by atoms with Crippen molar-refractivity contribution >= 4 is 17.5 Å². The van der Waals surface area contributed by atoms with Crippen LogP contribution in [-0.2, 0) is 4.79 Å². The van der Waals surface area contributed by atoms with Gasteiger partial charge >= 0.3 is 0 Å². The molecule has 1 aliphatic rings. The molecule has 0 spiro atoms. The summed E-state index contributed by atoms with van der Waals surface area (Å²) in [6.07, 6.45) is 3.36. The van der Waals surface area contributed by atoms with Gasteiger partial charge in [0, 0.05) is 11.3 Å². The number of anilines is 1. The Labute approximate surface area is 123 Å². The van der Waals surface area contributed by atoms with Crippen LogP contribution in [0.4, 0.5) is 5.69 Å². The molecule has 6 heteroatoms. The third kappa shape index (κ3) is 3.72. The van der Waals surface area contributed by atoms with Gasteiger partial charge < -0.3 is 16.4 Å². The minimum atomic E-state index is -0.700. The SMILES string of the molecule is N#CC1(NC(=O)CNc2ccc(C(N)=O)cc2)CCCC1. The van der Waals surface area contributed by atoms with Crippen molar-refractivity contribution in [1.29, 1.82) is 5.26 Å². The van der Waals surface area contributed by atoms with Crippen molar-refractivity contribution < 1.29 is 9.59 Å². The molecule has 0 bridgehead atoms. The molecule has 1 aromatic rings. The number of nitrogens with two attached hydrogens (primary N) is 1. The van der Waals surface area contributed by atoms with Crippen LogP contribution in [0.2, 0.25) is 0 Å². The van der Waals surface area contributed by atoms with E-state index in [-0.39, 0.29) is 12.5 Å². The van der Waals surface area contributed by atoms with E-state index in [1.807, 2.05) is 0 Å². The molecular weight excluding hydrogens is 268 g/mol. The number of benzene rings is 1. The highest BCUT2D eigenvalue weighted by atomic mass is 16.2. The number of nitrogens with zero attached hydrogens (tertiary/aromatic N) is 1. The smallest absolute Gasteiger partial charge is 0.248 e. The van der Waals surface area contributed by atoms with Crippen LogP contribution >= 0.6 is 0 Å². The summed E-state index contributed by atoms with van der Waals surface area (Å²) in [6, 6.07) is 8.77. The van der Waals surface area contributed by atoms with Gasteiger partial charge in [0.2, 0.25) is 11.8 Å². The molecule has 0 saturated heterocycles. The fourth-order valence-electron chi connectivity index (χ4n) is 2.49. The third-order valence-electron chi connectivity index (χ3n) is 3.67. The summed E-state index contributed by atoms with van der Waals surface area (Å²) in [5.74, 6) is -0.700. The summed E-state index contributed by atoms with van der Waals surface area (Å²) >= 11 is 0. The Balaban J connectivity index is 1.86. The second-order valence-corrected chi connectivity index (χ2v) is 5.24. The molecule has 0 atom stereocenters. The lowest BCUT2D eigenvalue weighted by molar-refractivity contribution is -0.120. The van der Waals surface area contributed by atoms with E-state index < -0.39 is 11.4 Å². The van der Waals surface area contributed by atoms with Gasteiger partial charge in [-0.1, -0.05) is 0 Å². The molecule has 6 nitrogen and oxygen atoms in total. The molecule has 1 fully saturated rings. The largest absolute Gasteiger partial charge is 0.376 e. The van der Waals surface area contributed by atoms with E-state index in [0.29, 0.717) is 24.1 Å². The molecule has 0 aromatic heterocycles. The number of rotatable bonds is 5. The van der Waals surface area contributed by atoms with Crippen LogP contribution in [0.1, 0.15) is 36.0 Å². The van der Waals surface area contributed by atoms with Crippen molar-refractivity contribution in [2.75, 3.05) is 11.9 Å². The molecule has 0 aliphatic heterocycles. The molecule has 110 valence electrons. The van der Waals surface area contributed by atoms with Crippen molar-refractivity contribution in [3.05, 3.63) is 29.8 Å². The standard InChI is InChI=1S/C15H18N4O2/c16-10-15(7-1-2-8-15)19-13(20)9-18-12-5-3-11(4-6-12)14(17)21/h3-6,18H,1-2,7-9H2,(H2,17,21)(H,19,20). The Hall–Kier alpha value is -2.55. The summed E-state index contributed by atoms with van der Waals surface area (Å²) in [7, 11) is 0. The van der Waals surface area contributed by atoms with Gasteiger partial charge in [-0.15, -0.1) is 0 Å². The minimum absolute atomic E-state index is 0.0827. The molecule has 21 heavy (non-hydrogen) atoms. The van der Waals surface area contributed by atoms with Gasteiger partial charge in [0.15, 0.2) is 0 Å². The molecule has 1 aliphatic carbocycles. The van der Waals surface area contributed by atoms with Crippen LogP contribution in [-0.4, -0.2) is 23.9 Å². The van der Waals surface area contributed by atoms with Gasteiger partial charge in [-0.3, -0.25) is 9.59 Å². The van der Waals surface area contributed by atoms with Crippen LogP contribution < -0.4 is 16.4 Å². The predicted octanol–water partition coefficient (Wildman–Crippen LogP) is 1.15. The van der Waals surface area contributed by atoms with E-state index in [2.05, 4.69) is 16.7 Å². The van der Waals surface area contributed by atoms with E-state index in [9.17, 15) is 14.9 Å². The molecule has 4 N–H and O–H groups in total. The number of amides is 2. The van der Waals surface area contributed by atoms with E-state index in [0.717, 1.165) is 12.8 Å². The third-order valence-corrected chi connectivity index (χ3v) is 3.67. The monoisotopic (exact) mass is 286 g/mol. The number of hydrogen-bond acceptors (Lipinski definition) is 4. The lowest BCUT2D eigenvalue weighted by Crippen LogP contribution is -2.47.